The van der Waals surface area contributed by atoms with E-state index in [0.717, 1.165) is 64.5 Å². The monoisotopic (exact) mass is 675 g/mol. The first-order chi connectivity index (χ1) is 22.6. The first kappa shape index (κ1) is 45.7. The van der Waals surface area contributed by atoms with Crippen molar-refractivity contribution in [1.29, 1.82) is 0 Å². The number of hydrogen-bond acceptors (Lipinski definition) is 5. The molecule has 280 valence electrons. The van der Waals surface area contributed by atoms with E-state index >= 15 is 0 Å². The highest BCUT2D eigenvalue weighted by atomic mass is 19.3. The maximum Gasteiger partial charge on any atom is 0.411 e. The van der Waals surface area contributed by atoms with Crippen LogP contribution in [-0.4, -0.2) is 66.9 Å². The quantitative estimate of drug-likeness (QED) is 0.0386. The van der Waals surface area contributed by atoms with Gasteiger partial charge in [-0.25, -0.2) is 4.79 Å². The van der Waals surface area contributed by atoms with Gasteiger partial charge in [-0.15, -0.1) is 0 Å². The van der Waals surface area contributed by atoms with E-state index in [-0.39, 0.29) is 24.5 Å². The van der Waals surface area contributed by atoms with Crippen LogP contribution in [0.5, 0.6) is 0 Å². The van der Waals surface area contributed by atoms with Gasteiger partial charge in [-0.05, 0) is 65.6 Å². The van der Waals surface area contributed by atoms with Gasteiger partial charge in [-0.2, -0.15) is 13.7 Å². The van der Waals surface area contributed by atoms with Crippen LogP contribution in [0.2, 0.25) is 0 Å². The van der Waals surface area contributed by atoms with Crippen LogP contribution in [0.25, 0.3) is 0 Å². The number of carbonyl (C=O) groups is 2. The normalized spacial score (nSPS) is 12.6. The summed E-state index contributed by atoms with van der Waals surface area (Å²) in [5, 5.41) is 0. The van der Waals surface area contributed by atoms with Crippen LogP contribution >= 0.6 is 0 Å². The number of alkyl halides is 2. The molecule has 0 fully saturated rings. The molecule has 47 heavy (non-hydrogen) atoms. The van der Waals surface area contributed by atoms with Crippen LogP contribution < -0.4 is 0 Å². The Hall–Kier alpha value is -1.28. The Kier molecular flexibility index (Phi) is 29.9. The summed E-state index contributed by atoms with van der Waals surface area (Å²) in [7, 11) is 4.10. The van der Waals surface area contributed by atoms with Gasteiger partial charge in [-0.1, -0.05) is 137 Å². The molecule has 0 aliphatic rings. The fraction of sp³-hybridized carbons (Fsp3) is 0.949. The Morgan fingerprint density at radius 2 is 1.09 bits per heavy atom. The standard InChI is InChI=1S/C39H76F2N2O4/c1-7-11-13-15-17-19-23-27-34-43(37(44)31-28-33-42(5)6)35(29-24-20-18-16-14-12-8-2)30-25-21-22-26-32-39(40,41)38(45)47-46-36(9-3)10-4/h35-36H,7-34H2,1-6H3. The molecular weight excluding hydrogens is 598 g/mol. The average Bonchev–Trinajstić information content (AvgIpc) is 3.04. The molecule has 0 aromatic carbocycles. The van der Waals surface area contributed by atoms with Crippen LogP contribution in [0.4, 0.5) is 8.78 Å². The van der Waals surface area contributed by atoms with Gasteiger partial charge < -0.3 is 9.80 Å². The Labute approximate surface area is 289 Å². The minimum atomic E-state index is -3.54. The van der Waals surface area contributed by atoms with Crippen molar-refractivity contribution < 1.29 is 28.1 Å². The van der Waals surface area contributed by atoms with Crippen molar-refractivity contribution in [2.45, 2.75) is 213 Å². The lowest BCUT2D eigenvalue weighted by Crippen LogP contribution is -2.41. The van der Waals surface area contributed by atoms with E-state index in [1.165, 1.54) is 77.0 Å². The van der Waals surface area contributed by atoms with Crippen molar-refractivity contribution in [3.05, 3.63) is 0 Å². The minimum absolute atomic E-state index is 0.209. The van der Waals surface area contributed by atoms with Crippen molar-refractivity contribution in [3.63, 3.8) is 0 Å². The summed E-state index contributed by atoms with van der Waals surface area (Å²) in [5.74, 6) is -4.86. The highest BCUT2D eigenvalue weighted by molar-refractivity contribution is 5.77. The molecule has 0 heterocycles. The molecule has 0 bridgehead atoms. The van der Waals surface area contributed by atoms with Crippen molar-refractivity contribution in [3.8, 4) is 0 Å². The van der Waals surface area contributed by atoms with Crippen LogP contribution in [-0.2, 0) is 19.4 Å². The summed E-state index contributed by atoms with van der Waals surface area (Å²) in [6.45, 7) is 9.93. The number of carbonyl (C=O) groups excluding carboxylic acids is 2. The predicted octanol–water partition coefficient (Wildman–Crippen LogP) is 11.4. The number of unbranched alkanes of at least 4 members (excludes halogenated alkanes) is 16. The third kappa shape index (κ3) is 25.4. The smallest absolute Gasteiger partial charge is 0.340 e. The average molecular weight is 675 g/mol. The number of nitrogens with zero attached hydrogens (tertiary/aromatic N) is 2. The van der Waals surface area contributed by atoms with E-state index in [4.69, 9.17) is 4.89 Å². The fourth-order valence-corrected chi connectivity index (χ4v) is 6.19. The number of rotatable bonds is 34. The zero-order valence-electron chi connectivity index (χ0n) is 31.7. The summed E-state index contributed by atoms with van der Waals surface area (Å²) in [4.78, 5) is 39.2. The lowest BCUT2D eigenvalue weighted by Gasteiger charge is -2.33. The largest absolute Gasteiger partial charge is 0.411 e. The van der Waals surface area contributed by atoms with Gasteiger partial charge in [0.25, 0.3) is 0 Å². The van der Waals surface area contributed by atoms with Crippen LogP contribution in [0.3, 0.4) is 0 Å². The summed E-state index contributed by atoms with van der Waals surface area (Å²) in [6, 6.07) is 0.209. The summed E-state index contributed by atoms with van der Waals surface area (Å²) >= 11 is 0. The van der Waals surface area contributed by atoms with E-state index in [1.807, 2.05) is 27.9 Å². The molecule has 1 atom stereocenters. The Morgan fingerprint density at radius 1 is 0.617 bits per heavy atom. The number of hydrogen-bond donors (Lipinski definition) is 0. The van der Waals surface area contributed by atoms with Crippen LogP contribution in [0.15, 0.2) is 0 Å². The molecule has 8 heteroatoms. The molecule has 0 radical (unpaired) electrons. The highest BCUT2D eigenvalue weighted by Crippen LogP contribution is 2.26. The maximum atomic E-state index is 14.4. The molecule has 0 N–H and O–H groups in total. The van der Waals surface area contributed by atoms with Gasteiger partial charge in [0.1, 0.15) is 6.10 Å². The lowest BCUT2D eigenvalue weighted by atomic mass is 9.97. The maximum absolute atomic E-state index is 14.4. The SMILES string of the molecule is CCCCCCCCCCN(C(=O)CCCN(C)C)C(CCCCCCCCC)CCCCCCC(F)(F)C(=O)OOC(CC)CC. The molecule has 0 saturated carbocycles. The molecule has 0 aliphatic heterocycles. The van der Waals surface area contributed by atoms with Crippen molar-refractivity contribution in [2.24, 2.45) is 0 Å². The van der Waals surface area contributed by atoms with Gasteiger partial charge in [0.15, 0.2) is 0 Å². The predicted molar refractivity (Wildman–Crippen MR) is 193 cm³/mol. The minimum Gasteiger partial charge on any atom is -0.340 e. The molecule has 0 spiro atoms. The Morgan fingerprint density at radius 3 is 1.57 bits per heavy atom. The van der Waals surface area contributed by atoms with Gasteiger partial charge in [-0.3, -0.25) is 9.68 Å². The van der Waals surface area contributed by atoms with E-state index < -0.39 is 18.3 Å². The highest BCUT2D eigenvalue weighted by Gasteiger charge is 2.41. The Balaban J connectivity index is 5.11. The topological polar surface area (TPSA) is 59.1 Å². The van der Waals surface area contributed by atoms with E-state index in [0.29, 0.717) is 25.7 Å². The van der Waals surface area contributed by atoms with Crippen molar-refractivity contribution in [1.82, 2.24) is 9.80 Å². The van der Waals surface area contributed by atoms with Crippen molar-refractivity contribution in [2.75, 3.05) is 27.2 Å². The van der Waals surface area contributed by atoms with E-state index in [9.17, 15) is 18.4 Å². The van der Waals surface area contributed by atoms with Gasteiger partial charge in [0.05, 0.1) is 0 Å². The van der Waals surface area contributed by atoms with Gasteiger partial charge in [0.2, 0.25) is 5.91 Å². The molecule has 6 nitrogen and oxygen atoms in total. The third-order valence-electron chi connectivity index (χ3n) is 9.40. The first-order valence-electron chi connectivity index (χ1n) is 19.8. The molecule has 0 rings (SSSR count). The Bertz CT molecular complexity index is 734. The second kappa shape index (κ2) is 30.8. The second-order valence-electron chi connectivity index (χ2n) is 14.1. The van der Waals surface area contributed by atoms with Crippen molar-refractivity contribution >= 4 is 11.9 Å². The van der Waals surface area contributed by atoms with E-state index in [2.05, 4.69) is 28.5 Å². The lowest BCUT2D eigenvalue weighted by molar-refractivity contribution is -0.312. The summed E-state index contributed by atoms with van der Waals surface area (Å²) < 4.78 is 28.8. The number of amides is 1. The van der Waals surface area contributed by atoms with Gasteiger partial charge in [0, 0.05) is 25.4 Å². The molecule has 1 amide bonds. The summed E-state index contributed by atoms with van der Waals surface area (Å²) in [6.07, 6.45) is 24.9. The number of halogens is 2. The fourth-order valence-electron chi connectivity index (χ4n) is 6.19. The molecule has 0 aromatic heterocycles. The molecule has 0 aliphatic carbocycles. The molecular formula is C39H76F2N2O4. The zero-order valence-corrected chi connectivity index (χ0v) is 31.7. The second-order valence-corrected chi connectivity index (χ2v) is 14.1. The van der Waals surface area contributed by atoms with Gasteiger partial charge >= 0.3 is 11.9 Å². The summed E-state index contributed by atoms with van der Waals surface area (Å²) in [5.41, 5.74) is 0. The molecule has 0 aromatic rings. The van der Waals surface area contributed by atoms with Crippen LogP contribution in [0, 0.1) is 0 Å². The first-order valence-corrected chi connectivity index (χ1v) is 19.8. The van der Waals surface area contributed by atoms with Crippen LogP contribution in [0.1, 0.15) is 195 Å². The zero-order chi connectivity index (χ0) is 35.2. The third-order valence-corrected chi connectivity index (χ3v) is 9.40. The molecule has 1 unspecified atom stereocenters. The van der Waals surface area contributed by atoms with E-state index in [1.54, 1.807) is 0 Å². The molecule has 0 saturated heterocycles.